The van der Waals surface area contributed by atoms with Gasteiger partial charge in [-0.05, 0) is 68.3 Å². The van der Waals surface area contributed by atoms with E-state index in [0.29, 0.717) is 62.7 Å². The molecule has 0 saturated heterocycles. The Hall–Kier alpha value is -4.54. The highest BCUT2D eigenvalue weighted by molar-refractivity contribution is 7.07. The first-order valence-corrected chi connectivity index (χ1v) is 15.7. The van der Waals surface area contributed by atoms with Gasteiger partial charge in [0.25, 0.3) is 5.56 Å². The third-order valence-electron chi connectivity index (χ3n) is 6.91. The quantitative estimate of drug-likeness (QED) is 0.189. The van der Waals surface area contributed by atoms with E-state index in [1.165, 1.54) is 29.2 Å². The van der Waals surface area contributed by atoms with E-state index in [1.54, 1.807) is 24.3 Å². The normalized spacial score (nSPS) is 14.2. The molecule has 0 amide bonds. The van der Waals surface area contributed by atoms with Gasteiger partial charge in [-0.3, -0.25) is 9.36 Å². The Morgan fingerprint density at radius 1 is 0.911 bits per heavy atom. The number of benzene rings is 3. The van der Waals surface area contributed by atoms with Crippen molar-refractivity contribution in [3.8, 4) is 23.0 Å². The second-order valence-electron chi connectivity index (χ2n) is 9.77. The summed E-state index contributed by atoms with van der Waals surface area (Å²) < 4.78 is 30.5. The van der Waals surface area contributed by atoms with E-state index in [-0.39, 0.29) is 17.7 Å². The maximum Gasteiger partial charge on any atom is 0.337 e. The molecule has 0 aliphatic carbocycles. The van der Waals surface area contributed by atoms with Gasteiger partial charge in [0.05, 0.1) is 43.1 Å². The molecule has 3 aromatic carbocycles. The molecule has 1 aliphatic heterocycles. The molecule has 1 aromatic heterocycles. The summed E-state index contributed by atoms with van der Waals surface area (Å²) in [6.45, 7) is 7.23. The number of rotatable bonds is 12. The molecule has 9 nitrogen and oxygen atoms in total. The lowest BCUT2D eigenvalue weighted by Crippen LogP contribution is -2.39. The van der Waals surface area contributed by atoms with Crippen molar-refractivity contribution in [2.45, 2.75) is 33.4 Å². The largest absolute Gasteiger partial charge is 0.490 e. The van der Waals surface area contributed by atoms with Gasteiger partial charge in [-0.2, -0.15) is 0 Å². The Labute approximate surface area is 269 Å². The number of esters is 1. The Morgan fingerprint density at radius 2 is 1.58 bits per heavy atom. The lowest BCUT2D eigenvalue weighted by molar-refractivity contribution is -0.136. The van der Waals surface area contributed by atoms with E-state index in [4.69, 9.17) is 35.3 Å². The summed E-state index contributed by atoms with van der Waals surface area (Å²) in [6, 6.07) is 17.5. The summed E-state index contributed by atoms with van der Waals surface area (Å²) in [4.78, 5) is 31.8. The topological polar surface area (TPSA) is 97.6 Å². The van der Waals surface area contributed by atoms with Gasteiger partial charge in [0.2, 0.25) is 0 Å². The van der Waals surface area contributed by atoms with Crippen LogP contribution in [0.3, 0.4) is 0 Å². The van der Waals surface area contributed by atoms with Crippen molar-refractivity contribution in [1.82, 2.24) is 4.57 Å². The average molecular weight is 649 g/mol. The van der Waals surface area contributed by atoms with E-state index < -0.39 is 12.0 Å². The van der Waals surface area contributed by atoms with E-state index in [9.17, 15) is 9.59 Å². The van der Waals surface area contributed by atoms with Crippen LogP contribution in [-0.4, -0.2) is 37.5 Å². The van der Waals surface area contributed by atoms with Crippen LogP contribution in [0.25, 0.3) is 6.08 Å². The number of methoxy groups -OCH3 is 1. The molecular weight excluding hydrogens is 616 g/mol. The van der Waals surface area contributed by atoms with Gasteiger partial charge in [-0.1, -0.05) is 53.3 Å². The standard InChI is InChI=1S/C34H33ClN2O7S/c1-5-41-26-15-13-22(18-29(26)43-7-3)31-24(33(39)40-4)19-36-34-37(31)32(38)30(45-34)17-21-12-14-27(28(16-21)42-6-2)44-20-23-10-8-9-11-25(23)35/h8-19,31H,5-7,20H2,1-4H3/b30-17-/t31-/m0/s1. The molecule has 0 spiro atoms. The number of thiazole rings is 1. The molecule has 4 aromatic rings. The van der Waals surface area contributed by atoms with Crippen molar-refractivity contribution < 1.29 is 28.5 Å². The number of hydrogen-bond acceptors (Lipinski definition) is 9. The number of aromatic nitrogens is 1. The highest BCUT2D eigenvalue weighted by Gasteiger charge is 2.31. The first-order valence-electron chi connectivity index (χ1n) is 14.5. The van der Waals surface area contributed by atoms with Crippen molar-refractivity contribution in [1.29, 1.82) is 0 Å². The minimum Gasteiger partial charge on any atom is -0.490 e. The van der Waals surface area contributed by atoms with Gasteiger partial charge < -0.3 is 23.7 Å². The molecular formula is C34H33ClN2O7S. The molecule has 45 heavy (non-hydrogen) atoms. The SMILES string of the molecule is CCOc1ccc([C@H]2C(C(=O)OC)=CN=c3s/c(=C\c4ccc(OCc5ccccc5Cl)c(OCC)c4)c(=O)n32)cc1OCC. The number of carbonyl (C=O) groups excluding carboxylic acids is 1. The Kier molecular flexibility index (Phi) is 10.3. The van der Waals surface area contributed by atoms with Crippen LogP contribution in [0, 0.1) is 0 Å². The van der Waals surface area contributed by atoms with E-state index in [0.717, 1.165) is 11.1 Å². The van der Waals surface area contributed by atoms with Crippen LogP contribution in [-0.2, 0) is 16.1 Å². The van der Waals surface area contributed by atoms with Crippen molar-refractivity contribution in [3.63, 3.8) is 0 Å². The van der Waals surface area contributed by atoms with Gasteiger partial charge in [-0.15, -0.1) is 0 Å². The highest BCUT2D eigenvalue weighted by atomic mass is 35.5. The van der Waals surface area contributed by atoms with Crippen LogP contribution >= 0.6 is 22.9 Å². The summed E-state index contributed by atoms with van der Waals surface area (Å²) in [5.74, 6) is 1.59. The van der Waals surface area contributed by atoms with Crippen LogP contribution in [0.15, 0.2) is 82.2 Å². The number of fused-ring (bicyclic) bond motifs is 1. The minimum absolute atomic E-state index is 0.224. The van der Waals surface area contributed by atoms with Crippen molar-refractivity contribution in [2.24, 2.45) is 4.99 Å². The van der Waals surface area contributed by atoms with E-state index in [1.807, 2.05) is 63.2 Å². The first kappa shape index (κ1) is 31.9. The average Bonchev–Trinajstić information content (AvgIpc) is 3.36. The molecule has 234 valence electrons. The van der Waals surface area contributed by atoms with Crippen molar-refractivity contribution in [2.75, 3.05) is 26.9 Å². The minimum atomic E-state index is -0.787. The van der Waals surface area contributed by atoms with Gasteiger partial charge in [0.1, 0.15) is 6.61 Å². The molecule has 0 fully saturated rings. The molecule has 0 bridgehead atoms. The maximum absolute atomic E-state index is 14.0. The van der Waals surface area contributed by atoms with Crippen molar-refractivity contribution in [3.05, 3.63) is 114 Å². The maximum atomic E-state index is 14.0. The van der Waals surface area contributed by atoms with E-state index >= 15 is 0 Å². The zero-order valence-corrected chi connectivity index (χ0v) is 26.9. The molecule has 5 rings (SSSR count). The fourth-order valence-electron chi connectivity index (χ4n) is 4.91. The van der Waals surface area contributed by atoms with Gasteiger partial charge in [0, 0.05) is 16.8 Å². The fourth-order valence-corrected chi connectivity index (χ4v) is 6.07. The number of carbonyl (C=O) groups is 1. The van der Waals surface area contributed by atoms with Crippen LogP contribution in [0.1, 0.15) is 43.5 Å². The Balaban J connectivity index is 1.55. The molecule has 0 N–H and O–H groups in total. The summed E-state index contributed by atoms with van der Waals surface area (Å²) >= 11 is 7.52. The van der Waals surface area contributed by atoms with Gasteiger partial charge in [0.15, 0.2) is 27.8 Å². The zero-order valence-electron chi connectivity index (χ0n) is 25.4. The second-order valence-corrected chi connectivity index (χ2v) is 11.2. The van der Waals surface area contributed by atoms with Crippen LogP contribution in [0.2, 0.25) is 5.02 Å². The third-order valence-corrected chi connectivity index (χ3v) is 8.28. The number of nitrogens with zero attached hydrogens (tertiary/aromatic N) is 2. The molecule has 0 unspecified atom stereocenters. The Morgan fingerprint density at radius 3 is 2.29 bits per heavy atom. The summed E-state index contributed by atoms with van der Waals surface area (Å²) in [7, 11) is 1.30. The fraction of sp³-hybridized carbons (Fsp3) is 0.265. The van der Waals surface area contributed by atoms with Crippen LogP contribution < -0.4 is 33.8 Å². The molecule has 0 radical (unpaired) electrons. The smallest absolute Gasteiger partial charge is 0.337 e. The monoisotopic (exact) mass is 648 g/mol. The predicted octanol–water partition coefficient (Wildman–Crippen LogP) is 5.45. The highest BCUT2D eigenvalue weighted by Crippen LogP contribution is 2.35. The van der Waals surface area contributed by atoms with Crippen LogP contribution in [0.5, 0.6) is 23.0 Å². The van der Waals surface area contributed by atoms with Crippen molar-refractivity contribution >= 4 is 35.0 Å². The lowest BCUT2D eigenvalue weighted by Gasteiger charge is -2.23. The summed E-state index contributed by atoms with van der Waals surface area (Å²) in [6.07, 6.45) is 3.23. The molecule has 11 heteroatoms. The van der Waals surface area contributed by atoms with Crippen LogP contribution in [0.4, 0.5) is 0 Å². The molecule has 2 heterocycles. The Bertz CT molecular complexity index is 1910. The second kappa shape index (κ2) is 14.5. The first-order chi connectivity index (χ1) is 21.9. The third kappa shape index (κ3) is 6.92. The summed E-state index contributed by atoms with van der Waals surface area (Å²) in [5.41, 5.74) is 2.16. The molecule has 1 atom stereocenters. The number of hydrogen-bond donors (Lipinski definition) is 0. The lowest BCUT2D eigenvalue weighted by atomic mass is 9.97. The zero-order chi connectivity index (χ0) is 31.9. The predicted molar refractivity (Wildman–Crippen MR) is 173 cm³/mol. The molecule has 1 aliphatic rings. The van der Waals surface area contributed by atoms with Gasteiger partial charge >= 0.3 is 5.97 Å². The number of halogens is 1. The molecule has 0 saturated carbocycles. The number of ether oxygens (including phenoxy) is 5. The summed E-state index contributed by atoms with van der Waals surface area (Å²) in [5, 5.41) is 0.621. The van der Waals surface area contributed by atoms with E-state index in [2.05, 4.69) is 4.99 Å². The van der Waals surface area contributed by atoms with Gasteiger partial charge in [-0.25, -0.2) is 9.79 Å².